The number of nitrogens with two attached hydrogens (primary N) is 1. The number of nitrogens with zero attached hydrogens (tertiary/aromatic N) is 1. The lowest BCUT2D eigenvalue weighted by Crippen LogP contribution is -2.54. The van der Waals surface area contributed by atoms with Crippen LogP contribution < -0.4 is 5.73 Å². The van der Waals surface area contributed by atoms with Crippen molar-refractivity contribution in [2.75, 3.05) is 6.54 Å². The molecule has 2 N–H and O–H groups in total. The van der Waals surface area contributed by atoms with Crippen molar-refractivity contribution in [1.82, 2.24) is 4.31 Å². The van der Waals surface area contributed by atoms with E-state index in [-0.39, 0.29) is 6.54 Å². The van der Waals surface area contributed by atoms with E-state index in [0.29, 0.717) is 23.6 Å². The van der Waals surface area contributed by atoms with Crippen LogP contribution in [0.4, 0.5) is 13.2 Å². The maximum absolute atomic E-state index is 12.4. The lowest BCUT2D eigenvalue weighted by molar-refractivity contribution is -0.0511. The molecule has 1 heterocycles. The van der Waals surface area contributed by atoms with Crippen molar-refractivity contribution in [2.45, 2.75) is 43.8 Å². The second-order valence-electron chi connectivity index (χ2n) is 3.98. The van der Waals surface area contributed by atoms with Crippen LogP contribution in [0.1, 0.15) is 26.2 Å². The van der Waals surface area contributed by atoms with Crippen LogP contribution in [0.15, 0.2) is 0 Å². The Hall–Kier alpha value is -0.340. The van der Waals surface area contributed by atoms with Crippen LogP contribution in [0.2, 0.25) is 0 Å². The average Bonchev–Trinajstić information content (AvgIpc) is 2.16. The highest BCUT2D eigenvalue weighted by atomic mass is 32.2. The minimum Gasteiger partial charge on any atom is -0.326 e. The number of hydrogen-bond donors (Lipinski definition) is 1. The summed E-state index contributed by atoms with van der Waals surface area (Å²) in [4.78, 5) is 0. The molecule has 1 aliphatic rings. The molecule has 1 rings (SSSR count). The van der Waals surface area contributed by atoms with Gasteiger partial charge in [0.2, 0.25) is 0 Å². The fourth-order valence-corrected chi connectivity index (χ4v) is 3.18. The Morgan fingerprint density at radius 1 is 1.38 bits per heavy atom. The smallest absolute Gasteiger partial charge is 0.326 e. The summed E-state index contributed by atoms with van der Waals surface area (Å²) in [5, 5.41) is 0. The fourth-order valence-electron chi connectivity index (χ4n) is 1.89. The van der Waals surface area contributed by atoms with Gasteiger partial charge in [-0.2, -0.15) is 17.5 Å². The maximum atomic E-state index is 12.4. The molecule has 96 valence electrons. The highest BCUT2D eigenvalue weighted by Gasteiger charge is 2.52. The van der Waals surface area contributed by atoms with Gasteiger partial charge in [-0.3, -0.25) is 0 Å². The molecule has 1 aliphatic heterocycles. The number of alkyl halides is 3. The second kappa shape index (κ2) is 4.50. The van der Waals surface area contributed by atoms with Crippen LogP contribution in [-0.2, 0) is 10.0 Å². The first-order valence-corrected chi connectivity index (χ1v) is 6.45. The average molecular weight is 260 g/mol. The molecule has 0 amide bonds. The van der Waals surface area contributed by atoms with E-state index in [9.17, 15) is 21.6 Å². The van der Waals surface area contributed by atoms with E-state index in [1.807, 2.05) is 0 Å². The SMILES string of the molecule is CC(N)C1CCCCN1S(=O)(=O)C(F)(F)F. The van der Waals surface area contributed by atoms with E-state index in [1.165, 1.54) is 6.92 Å². The largest absolute Gasteiger partial charge is 0.511 e. The highest BCUT2D eigenvalue weighted by Crippen LogP contribution is 2.32. The van der Waals surface area contributed by atoms with Crippen molar-refractivity contribution in [2.24, 2.45) is 5.73 Å². The Labute approximate surface area is 92.6 Å². The zero-order valence-corrected chi connectivity index (χ0v) is 9.68. The third kappa shape index (κ3) is 2.49. The Balaban J connectivity index is 3.01. The molecule has 16 heavy (non-hydrogen) atoms. The molecule has 1 fully saturated rings. The number of hydrogen-bond acceptors (Lipinski definition) is 3. The predicted octanol–water partition coefficient (Wildman–Crippen LogP) is 1.04. The minimum atomic E-state index is -5.24. The number of halogens is 3. The monoisotopic (exact) mass is 260 g/mol. The predicted molar refractivity (Wildman–Crippen MR) is 53.0 cm³/mol. The summed E-state index contributed by atoms with van der Waals surface area (Å²) in [6.07, 6.45) is 1.53. The van der Waals surface area contributed by atoms with Gasteiger partial charge in [-0.15, -0.1) is 0 Å². The quantitative estimate of drug-likeness (QED) is 0.806. The van der Waals surface area contributed by atoms with Gasteiger partial charge in [0.05, 0.1) is 0 Å². The molecule has 1 saturated heterocycles. The Morgan fingerprint density at radius 3 is 2.38 bits per heavy atom. The number of sulfonamides is 1. The first-order valence-electron chi connectivity index (χ1n) is 5.01. The van der Waals surface area contributed by atoms with Gasteiger partial charge in [-0.1, -0.05) is 6.42 Å². The van der Waals surface area contributed by atoms with Gasteiger partial charge in [0.1, 0.15) is 0 Å². The molecular formula is C8H15F3N2O2S. The van der Waals surface area contributed by atoms with Crippen LogP contribution in [0.3, 0.4) is 0 Å². The summed E-state index contributed by atoms with van der Waals surface area (Å²) in [5.41, 5.74) is 0.285. The number of piperidine rings is 1. The van der Waals surface area contributed by atoms with E-state index in [2.05, 4.69) is 0 Å². The number of rotatable bonds is 2. The first kappa shape index (κ1) is 13.7. The molecule has 0 aromatic rings. The van der Waals surface area contributed by atoms with Crippen molar-refractivity contribution in [3.8, 4) is 0 Å². The van der Waals surface area contributed by atoms with E-state index in [4.69, 9.17) is 5.73 Å². The van der Waals surface area contributed by atoms with Gasteiger partial charge in [0.25, 0.3) is 0 Å². The van der Waals surface area contributed by atoms with E-state index >= 15 is 0 Å². The van der Waals surface area contributed by atoms with Gasteiger partial charge < -0.3 is 5.73 Å². The summed E-state index contributed by atoms with van der Waals surface area (Å²) < 4.78 is 60.2. The Kier molecular flexibility index (Phi) is 3.86. The second-order valence-corrected chi connectivity index (χ2v) is 5.87. The lowest BCUT2D eigenvalue weighted by Gasteiger charge is -2.36. The standard InChI is InChI=1S/C8H15F3N2O2S/c1-6(12)7-4-2-3-5-13(7)16(14,15)8(9,10)11/h6-7H,2-5,12H2,1H3. The van der Waals surface area contributed by atoms with Gasteiger partial charge in [0.15, 0.2) is 0 Å². The van der Waals surface area contributed by atoms with Gasteiger partial charge >= 0.3 is 15.5 Å². The van der Waals surface area contributed by atoms with Crippen molar-refractivity contribution >= 4 is 10.0 Å². The molecule has 0 spiro atoms. The molecule has 2 atom stereocenters. The van der Waals surface area contributed by atoms with Crippen LogP contribution in [0.5, 0.6) is 0 Å². The van der Waals surface area contributed by atoms with E-state index < -0.39 is 27.6 Å². The third-order valence-electron chi connectivity index (χ3n) is 2.71. The zero-order chi connectivity index (χ0) is 12.6. The van der Waals surface area contributed by atoms with Crippen molar-refractivity contribution in [3.05, 3.63) is 0 Å². The summed E-state index contributed by atoms with van der Waals surface area (Å²) in [6.45, 7) is 1.42. The molecule has 2 unspecified atom stereocenters. The summed E-state index contributed by atoms with van der Waals surface area (Å²) in [6, 6.07) is -1.35. The van der Waals surface area contributed by atoms with E-state index in [1.54, 1.807) is 0 Å². The molecule has 0 aromatic carbocycles. The molecular weight excluding hydrogens is 245 g/mol. The maximum Gasteiger partial charge on any atom is 0.511 e. The Bertz CT molecular complexity index is 340. The summed E-state index contributed by atoms with van der Waals surface area (Å²) in [7, 11) is -5.24. The molecule has 0 aliphatic carbocycles. The Morgan fingerprint density at radius 2 is 1.94 bits per heavy atom. The normalized spacial score (nSPS) is 26.7. The fraction of sp³-hybridized carbons (Fsp3) is 1.00. The van der Waals surface area contributed by atoms with Crippen LogP contribution in [-0.4, -0.2) is 36.9 Å². The third-order valence-corrected chi connectivity index (χ3v) is 4.36. The van der Waals surface area contributed by atoms with Crippen LogP contribution >= 0.6 is 0 Å². The molecule has 0 aromatic heterocycles. The molecule has 0 saturated carbocycles. The first-order chi connectivity index (χ1) is 7.18. The molecule has 0 bridgehead atoms. The van der Waals surface area contributed by atoms with Gasteiger partial charge in [0, 0.05) is 18.6 Å². The highest BCUT2D eigenvalue weighted by molar-refractivity contribution is 7.90. The molecule has 0 radical (unpaired) electrons. The van der Waals surface area contributed by atoms with Crippen LogP contribution in [0.25, 0.3) is 0 Å². The van der Waals surface area contributed by atoms with Crippen LogP contribution in [0, 0.1) is 0 Å². The summed E-state index contributed by atoms with van der Waals surface area (Å²) in [5.74, 6) is 0. The van der Waals surface area contributed by atoms with Crippen molar-refractivity contribution in [1.29, 1.82) is 0 Å². The minimum absolute atomic E-state index is 0.103. The van der Waals surface area contributed by atoms with Gasteiger partial charge in [-0.05, 0) is 19.8 Å². The van der Waals surface area contributed by atoms with E-state index in [0.717, 1.165) is 0 Å². The van der Waals surface area contributed by atoms with Crippen molar-refractivity contribution < 1.29 is 21.6 Å². The topological polar surface area (TPSA) is 63.4 Å². The van der Waals surface area contributed by atoms with Crippen molar-refractivity contribution in [3.63, 3.8) is 0 Å². The zero-order valence-electron chi connectivity index (χ0n) is 8.87. The summed E-state index contributed by atoms with van der Waals surface area (Å²) >= 11 is 0. The molecule has 4 nitrogen and oxygen atoms in total. The van der Waals surface area contributed by atoms with Gasteiger partial charge in [-0.25, -0.2) is 8.42 Å². The lowest BCUT2D eigenvalue weighted by atomic mass is 10.00. The molecule has 8 heteroatoms.